The van der Waals surface area contributed by atoms with E-state index in [4.69, 9.17) is 10.5 Å². The van der Waals surface area contributed by atoms with Gasteiger partial charge >= 0.3 is 0 Å². The molecule has 5 heteroatoms. The molecule has 1 atom stereocenters. The maximum absolute atomic E-state index is 11.9. The number of benzene rings is 1. The molecule has 1 aromatic rings. The van der Waals surface area contributed by atoms with Crippen LogP contribution >= 0.6 is 0 Å². The smallest absolute Gasteiger partial charge is 0.241 e. The number of rotatable bonds is 4. The molecule has 0 aliphatic carbocycles. The lowest BCUT2D eigenvalue weighted by Gasteiger charge is -2.17. The molecular formula is C13H19N3O2. The third kappa shape index (κ3) is 2.92. The lowest BCUT2D eigenvalue weighted by atomic mass is 10.3. The van der Waals surface area contributed by atoms with E-state index in [-0.39, 0.29) is 18.5 Å². The Bertz CT molecular complexity index is 422. The first-order valence-electron chi connectivity index (χ1n) is 6.11. The van der Waals surface area contributed by atoms with Crippen molar-refractivity contribution in [2.45, 2.75) is 12.5 Å². The molecule has 0 unspecified atom stereocenters. The third-order valence-electron chi connectivity index (χ3n) is 3.11. The van der Waals surface area contributed by atoms with E-state index in [1.807, 2.05) is 24.3 Å². The van der Waals surface area contributed by atoms with Gasteiger partial charge in [0.15, 0.2) is 0 Å². The van der Waals surface area contributed by atoms with Gasteiger partial charge in [0, 0.05) is 19.1 Å². The van der Waals surface area contributed by atoms with Crippen LogP contribution in [-0.4, -0.2) is 43.6 Å². The summed E-state index contributed by atoms with van der Waals surface area (Å²) in [7, 11) is 1.61. The summed E-state index contributed by atoms with van der Waals surface area (Å²) in [6, 6.07) is 7.67. The number of nitrogens with zero attached hydrogens (tertiary/aromatic N) is 1. The van der Waals surface area contributed by atoms with Crippen LogP contribution in [0.2, 0.25) is 0 Å². The van der Waals surface area contributed by atoms with Gasteiger partial charge in [-0.3, -0.25) is 4.79 Å². The second-order valence-electron chi connectivity index (χ2n) is 4.44. The fourth-order valence-corrected chi connectivity index (χ4v) is 2.09. The summed E-state index contributed by atoms with van der Waals surface area (Å²) in [6.07, 6.45) is 0.889. The highest BCUT2D eigenvalue weighted by Crippen LogP contribution is 2.22. The number of nitrogens with one attached hydrogen (secondary N) is 1. The molecule has 98 valence electrons. The topological polar surface area (TPSA) is 67.6 Å². The summed E-state index contributed by atoms with van der Waals surface area (Å²) < 4.78 is 5.21. The average molecular weight is 249 g/mol. The molecule has 1 heterocycles. The van der Waals surface area contributed by atoms with Crippen LogP contribution in [0.25, 0.3) is 0 Å². The number of hydrogen-bond acceptors (Lipinski definition) is 4. The highest BCUT2D eigenvalue weighted by Gasteiger charge is 2.23. The first-order valence-corrected chi connectivity index (χ1v) is 6.11. The van der Waals surface area contributed by atoms with E-state index in [9.17, 15) is 4.79 Å². The predicted molar refractivity (Wildman–Crippen MR) is 70.7 cm³/mol. The van der Waals surface area contributed by atoms with Crippen LogP contribution < -0.4 is 15.8 Å². The molecule has 1 aliphatic heterocycles. The number of ether oxygens (including phenoxy) is 1. The maximum atomic E-state index is 11.9. The molecule has 1 amide bonds. The first-order chi connectivity index (χ1) is 8.70. The quantitative estimate of drug-likeness (QED) is 0.823. The van der Waals surface area contributed by atoms with E-state index in [2.05, 4.69) is 5.32 Å². The normalized spacial score (nSPS) is 18.8. The molecule has 1 saturated heterocycles. The molecule has 0 radical (unpaired) electrons. The molecule has 5 nitrogen and oxygen atoms in total. The number of hydrogen-bond donors (Lipinski definition) is 2. The zero-order chi connectivity index (χ0) is 13.0. The van der Waals surface area contributed by atoms with E-state index < -0.39 is 0 Å². The molecule has 3 N–H and O–H groups in total. The van der Waals surface area contributed by atoms with Crippen molar-refractivity contribution in [2.24, 2.45) is 5.73 Å². The Labute approximate surface area is 107 Å². The Balaban J connectivity index is 1.89. The number of para-hydroxylation sites is 2. The fourth-order valence-electron chi connectivity index (χ4n) is 2.09. The molecule has 1 aromatic carbocycles. The van der Waals surface area contributed by atoms with Crippen LogP contribution in [0.5, 0.6) is 5.75 Å². The van der Waals surface area contributed by atoms with Crippen molar-refractivity contribution in [3.8, 4) is 5.75 Å². The molecule has 0 saturated carbocycles. The van der Waals surface area contributed by atoms with Crippen LogP contribution in [0.15, 0.2) is 24.3 Å². The van der Waals surface area contributed by atoms with Crippen LogP contribution in [0, 0.1) is 0 Å². The fraction of sp³-hybridized carbons (Fsp3) is 0.462. The largest absolute Gasteiger partial charge is 0.495 e. The van der Waals surface area contributed by atoms with Gasteiger partial charge in [0.2, 0.25) is 5.91 Å². The zero-order valence-corrected chi connectivity index (χ0v) is 10.6. The Morgan fingerprint density at radius 1 is 1.56 bits per heavy atom. The minimum Gasteiger partial charge on any atom is -0.495 e. The number of carbonyl (C=O) groups is 1. The Morgan fingerprint density at radius 2 is 2.33 bits per heavy atom. The first kappa shape index (κ1) is 12.7. The summed E-state index contributed by atoms with van der Waals surface area (Å²) in [4.78, 5) is 13.7. The van der Waals surface area contributed by atoms with Crippen LogP contribution in [0.4, 0.5) is 5.69 Å². The minimum atomic E-state index is 0.0776. The van der Waals surface area contributed by atoms with Crippen molar-refractivity contribution < 1.29 is 9.53 Å². The lowest BCUT2D eigenvalue weighted by molar-refractivity contribution is -0.128. The molecule has 0 aromatic heterocycles. The molecule has 18 heavy (non-hydrogen) atoms. The molecule has 2 rings (SSSR count). The summed E-state index contributed by atoms with van der Waals surface area (Å²) in [6.45, 7) is 1.69. The highest BCUT2D eigenvalue weighted by atomic mass is 16.5. The van der Waals surface area contributed by atoms with Crippen molar-refractivity contribution >= 4 is 11.6 Å². The van der Waals surface area contributed by atoms with E-state index >= 15 is 0 Å². The SMILES string of the molecule is COc1ccccc1NCC(=O)N1CC[C@@H](N)C1. The van der Waals surface area contributed by atoms with Crippen molar-refractivity contribution in [3.05, 3.63) is 24.3 Å². The van der Waals surface area contributed by atoms with Crippen LogP contribution in [0.1, 0.15) is 6.42 Å². The molecule has 0 bridgehead atoms. The van der Waals surface area contributed by atoms with Gasteiger partial charge in [-0.2, -0.15) is 0 Å². The van der Waals surface area contributed by atoms with Gasteiger partial charge in [0.1, 0.15) is 5.75 Å². The van der Waals surface area contributed by atoms with Gasteiger partial charge in [-0.1, -0.05) is 12.1 Å². The van der Waals surface area contributed by atoms with Gasteiger partial charge in [-0.25, -0.2) is 0 Å². The van der Waals surface area contributed by atoms with Crippen molar-refractivity contribution in [1.29, 1.82) is 0 Å². The number of amides is 1. The summed E-state index contributed by atoms with van der Waals surface area (Å²) in [5.74, 6) is 0.817. The van der Waals surface area contributed by atoms with E-state index in [1.54, 1.807) is 12.0 Å². The van der Waals surface area contributed by atoms with Crippen molar-refractivity contribution in [1.82, 2.24) is 4.90 Å². The minimum absolute atomic E-state index is 0.0776. The third-order valence-corrected chi connectivity index (χ3v) is 3.11. The molecular weight excluding hydrogens is 230 g/mol. The number of carbonyl (C=O) groups excluding carboxylic acids is 1. The van der Waals surface area contributed by atoms with Gasteiger partial charge in [-0.15, -0.1) is 0 Å². The zero-order valence-electron chi connectivity index (χ0n) is 10.6. The van der Waals surface area contributed by atoms with Gasteiger partial charge < -0.3 is 20.7 Å². The number of methoxy groups -OCH3 is 1. The highest BCUT2D eigenvalue weighted by molar-refractivity contribution is 5.81. The number of likely N-dealkylation sites (tertiary alicyclic amines) is 1. The van der Waals surface area contributed by atoms with Gasteiger partial charge in [0.25, 0.3) is 0 Å². The van der Waals surface area contributed by atoms with Crippen molar-refractivity contribution in [3.63, 3.8) is 0 Å². The predicted octanol–water partition coefficient (Wildman–Crippen LogP) is 0.667. The van der Waals surface area contributed by atoms with Crippen molar-refractivity contribution in [2.75, 3.05) is 32.1 Å². The summed E-state index contributed by atoms with van der Waals surface area (Å²) in [5.41, 5.74) is 6.61. The Kier molecular flexibility index (Phi) is 4.04. The maximum Gasteiger partial charge on any atom is 0.241 e. The molecule has 1 aliphatic rings. The van der Waals surface area contributed by atoms with Gasteiger partial charge in [0.05, 0.1) is 19.3 Å². The van der Waals surface area contributed by atoms with Crippen LogP contribution in [-0.2, 0) is 4.79 Å². The lowest BCUT2D eigenvalue weighted by Crippen LogP contribution is -2.35. The number of nitrogens with two attached hydrogens (primary N) is 1. The monoisotopic (exact) mass is 249 g/mol. The van der Waals surface area contributed by atoms with Gasteiger partial charge in [-0.05, 0) is 18.6 Å². The molecule has 1 fully saturated rings. The molecule has 0 spiro atoms. The number of anilines is 1. The average Bonchev–Trinajstić information content (AvgIpc) is 2.83. The second kappa shape index (κ2) is 5.73. The van der Waals surface area contributed by atoms with E-state index in [0.29, 0.717) is 6.54 Å². The second-order valence-corrected chi connectivity index (χ2v) is 4.44. The van der Waals surface area contributed by atoms with E-state index in [0.717, 1.165) is 24.4 Å². The summed E-state index contributed by atoms with van der Waals surface area (Å²) in [5, 5.41) is 3.10. The van der Waals surface area contributed by atoms with E-state index in [1.165, 1.54) is 0 Å². The Morgan fingerprint density at radius 3 is 3.00 bits per heavy atom. The Hall–Kier alpha value is -1.75. The van der Waals surface area contributed by atoms with Crippen LogP contribution in [0.3, 0.4) is 0 Å². The summed E-state index contributed by atoms with van der Waals surface area (Å²) >= 11 is 0. The standard InChI is InChI=1S/C13H19N3O2/c1-18-12-5-3-2-4-11(12)15-8-13(17)16-7-6-10(14)9-16/h2-5,10,15H,6-9,14H2,1H3/t10-/m1/s1.